The highest BCUT2D eigenvalue weighted by atomic mass is 32.2. The molecule has 0 heterocycles. The van der Waals surface area contributed by atoms with Crippen LogP contribution >= 0.6 is 0 Å². The van der Waals surface area contributed by atoms with Crippen molar-refractivity contribution in [2.24, 2.45) is 0 Å². The molecule has 1 aliphatic carbocycles. The van der Waals surface area contributed by atoms with Crippen molar-refractivity contribution < 1.29 is 27.5 Å². The predicted molar refractivity (Wildman–Crippen MR) is 91.2 cm³/mol. The van der Waals surface area contributed by atoms with E-state index in [2.05, 4.69) is 6.58 Å². The van der Waals surface area contributed by atoms with E-state index in [1.807, 2.05) is 0 Å². The van der Waals surface area contributed by atoms with Gasteiger partial charge in [0.2, 0.25) is 0 Å². The molecule has 1 saturated carbocycles. The molecule has 24 heavy (non-hydrogen) atoms. The number of sulfone groups is 1. The Balaban J connectivity index is 2.39. The maximum atomic E-state index is 12.0. The third kappa shape index (κ3) is 9.05. The largest absolute Gasteiger partial charge is 0.462 e. The number of hydrogen-bond donors (Lipinski definition) is 0. The second-order valence-corrected chi connectivity index (χ2v) is 8.73. The second kappa shape index (κ2) is 9.81. The van der Waals surface area contributed by atoms with Crippen LogP contribution in [0.15, 0.2) is 12.2 Å². The molecule has 1 aliphatic rings. The summed E-state index contributed by atoms with van der Waals surface area (Å²) in [6.07, 6.45) is 7.30. The van der Waals surface area contributed by atoms with E-state index in [-0.39, 0.29) is 23.9 Å². The lowest BCUT2D eigenvalue weighted by Gasteiger charge is -2.20. The van der Waals surface area contributed by atoms with Gasteiger partial charge in [-0.3, -0.25) is 4.79 Å². The van der Waals surface area contributed by atoms with Crippen LogP contribution in [0, 0.1) is 0 Å². The molecular weight excluding hydrogens is 332 g/mol. The summed E-state index contributed by atoms with van der Waals surface area (Å²) >= 11 is 0. The van der Waals surface area contributed by atoms with E-state index in [1.165, 1.54) is 13.3 Å². The first-order chi connectivity index (χ1) is 11.2. The highest BCUT2D eigenvalue weighted by molar-refractivity contribution is 7.90. The van der Waals surface area contributed by atoms with Gasteiger partial charge in [-0.25, -0.2) is 13.2 Å². The molecule has 1 unspecified atom stereocenters. The van der Waals surface area contributed by atoms with E-state index in [4.69, 9.17) is 9.47 Å². The highest BCUT2D eigenvalue weighted by Gasteiger charge is 2.21. The van der Waals surface area contributed by atoms with Crippen molar-refractivity contribution in [3.05, 3.63) is 12.2 Å². The van der Waals surface area contributed by atoms with Gasteiger partial charge in [0.25, 0.3) is 0 Å². The lowest BCUT2D eigenvalue weighted by Crippen LogP contribution is -2.25. The summed E-state index contributed by atoms with van der Waals surface area (Å²) in [4.78, 5) is 23.8. The van der Waals surface area contributed by atoms with Crippen molar-refractivity contribution in [2.45, 2.75) is 70.5 Å². The summed E-state index contributed by atoms with van der Waals surface area (Å²) in [6.45, 7) is 5.03. The van der Waals surface area contributed by atoms with Gasteiger partial charge in [0.1, 0.15) is 12.2 Å². The Hall–Kier alpha value is -1.37. The number of rotatable bonds is 7. The third-order valence-corrected chi connectivity index (χ3v) is 4.92. The molecule has 1 atom stereocenters. The summed E-state index contributed by atoms with van der Waals surface area (Å²) in [7, 11) is -3.24. The molecule has 0 amide bonds. The Morgan fingerprint density at radius 2 is 1.67 bits per heavy atom. The molecular formula is C17H28O6S. The smallest absolute Gasteiger partial charge is 0.334 e. The Labute approximate surface area is 144 Å². The van der Waals surface area contributed by atoms with Gasteiger partial charge >= 0.3 is 11.9 Å². The van der Waals surface area contributed by atoms with Crippen molar-refractivity contribution in [1.82, 2.24) is 0 Å². The lowest BCUT2D eigenvalue weighted by atomic mass is 9.98. The van der Waals surface area contributed by atoms with Crippen LogP contribution in [0.1, 0.15) is 58.3 Å². The van der Waals surface area contributed by atoms with Crippen molar-refractivity contribution in [1.29, 1.82) is 0 Å². The Bertz CT molecular complexity index is 543. The van der Waals surface area contributed by atoms with Crippen LogP contribution in [-0.4, -0.2) is 44.6 Å². The predicted octanol–water partition coefficient (Wildman–Crippen LogP) is 2.57. The van der Waals surface area contributed by atoms with Gasteiger partial charge in [0.15, 0.2) is 9.84 Å². The van der Waals surface area contributed by atoms with Gasteiger partial charge < -0.3 is 9.47 Å². The fourth-order valence-electron chi connectivity index (χ4n) is 2.74. The molecule has 0 spiro atoms. The average molecular weight is 360 g/mol. The van der Waals surface area contributed by atoms with Crippen LogP contribution < -0.4 is 0 Å². The minimum Gasteiger partial charge on any atom is -0.462 e. The molecule has 1 rings (SSSR count). The molecule has 0 radical (unpaired) electrons. The number of carbonyl (C=O) groups is 2. The summed E-state index contributed by atoms with van der Waals surface area (Å²) in [6, 6.07) is 0. The molecule has 0 bridgehead atoms. The SMILES string of the molecule is C=C(CC(=O)OC1CCCCCCC1)C(=O)OC(C)CS(C)(=O)=O. The van der Waals surface area contributed by atoms with E-state index < -0.39 is 27.9 Å². The zero-order chi connectivity index (χ0) is 18.2. The molecule has 138 valence electrons. The first-order valence-electron chi connectivity index (χ1n) is 8.43. The zero-order valence-electron chi connectivity index (χ0n) is 14.6. The number of ether oxygens (including phenoxy) is 2. The van der Waals surface area contributed by atoms with Crippen LogP contribution in [0.3, 0.4) is 0 Å². The number of carbonyl (C=O) groups excluding carboxylic acids is 2. The van der Waals surface area contributed by atoms with Crippen LogP contribution in [-0.2, 0) is 28.9 Å². The van der Waals surface area contributed by atoms with Gasteiger partial charge in [-0.1, -0.05) is 25.8 Å². The molecule has 0 aliphatic heterocycles. The Morgan fingerprint density at radius 1 is 1.12 bits per heavy atom. The molecule has 1 fully saturated rings. The van der Waals surface area contributed by atoms with Crippen LogP contribution in [0.4, 0.5) is 0 Å². The molecule has 0 aromatic heterocycles. The van der Waals surface area contributed by atoms with E-state index >= 15 is 0 Å². The van der Waals surface area contributed by atoms with Crippen molar-refractivity contribution in [2.75, 3.05) is 12.0 Å². The number of esters is 2. The zero-order valence-corrected chi connectivity index (χ0v) is 15.4. The second-order valence-electron chi connectivity index (χ2n) is 6.55. The summed E-state index contributed by atoms with van der Waals surface area (Å²) < 4.78 is 32.7. The van der Waals surface area contributed by atoms with Crippen molar-refractivity contribution in [3.63, 3.8) is 0 Å². The molecule has 6 nitrogen and oxygen atoms in total. The minimum absolute atomic E-state index is 0.0220. The van der Waals surface area contributed by atoms with E-state index in [1.54, 1.807) is 0 Å². The molecule has 0 N–H and O–H groups in total. The topological polar surface area (TPSA) is 86.7 Å². The van der Waals surface area contributed by atoms with Crippen LogP contribution in [0.25, 0.3) is 0 Å². The van der Waals surface area contributed by atoms with E-state index in [0.717, 1.165) is 44.8 Å². The van der Waals surface area contributed by atoms with Gasteiger partial charge in [-0.05, 0) is 32.6 Å². The maximum absolute atomic E-state index is 12.0. The standard InChI is InChI=1S/C17H28O6S/c1-13(17(19)22-14(2)12-24(3,20)21)11-16(18)23-15-9-7-5-4-6-8-10-15/h14-15H,1,4-12H2,2-3H3. The van der Waals surface area contributed by atoms with Crippen LogP contribution in [0.2, 0.25) is 0 Å². The molecule has 0 aromatic carbocycles. The first-order valence-corrected chi connectivity index (χ1v) is 10.5. The van der Waals surface area contributed by atoms with E-state index in [9.17, 15) is 18.0 Å². The minimum atomic E-state index is -3.24. The van der Waals surface area contributed by atoms with Crippen LogP contribution in [0.5, 0.6) is 0 Å². The maximum Gasteiger partial charge on any atom is 0.334 e. The Kier molecular flexibility index (Phi) is 8.45. The Morgan fingerprint density at radius 3 is 2.21 bits per heavy atom. The van der Waals surface area contributed by atoms with E-state index in [0.29, 0.717) is 0 Å². The highest BCUT2D eigenvalue weighted by Crippen LogP contribution is 2.20. The quantitative estimate of drug-likeness (QED) is 0.512. The molecule has 0 aromatic rings. The fraction of sp³-hybridized carbons (Fsp3) is 0.765. The van der Waals surface area contributed by atoms with Gasteiger partial charge in [0.05, 0.1) is 12.2 Å². The normalized spacial score (nSPS) is 18.1. The third-order valence-electron chi connectivity index (χ3n) is 3.84. The number of hydrogen-bond acceptors (Lipinski definition) is 6. The van der Waals surface area contributed by atoms with Gasteiger partial charge in [-0.2, -0.15) is 0 Å². The van der Waals surface area contributed by atoms with Crippen molar-refractivity contribution >= 4 is 21.8 Å². The molecule has 0 saturated heterocycles. The monoisotopic (exact) mass is 360 g/mol. The lowest BCUT2D eigenvalue weighted by molar-refractivity contribution is -0.152. The first kappa shape index (κ1) is 20.7. The fourth-order valence-corrected chi connectivity index (χ4v) is 3.66. The van der Waals surface area contributed by atoms with Crippen molar-refractivity contribution in [3.8, 4) is 0 Å². The average Bonchev–Trinajstić information content (AvgIpc) is 2.39. The summed E-state index contributed by atoms with van der Waals surface area (Å²) in [5.74, 6) is -1.52. The summed E-state index contributed by atoms with van der Waals surface area (Å²) in [5, 5.41) is 0. The molecule has 7 heteroatoms. The van der Waals surface area contributed by atoms with Gasteiger partial charge in [-0.15, -0.1) is 0 Å². The summed E-state index contributed by atoms with van der Waals surface area (Å²) in [5.41, 5.74) is -0.0220. The van der Waals surface area contributed by atoms with Gasteiger partial charge in [0, 0.05) is 11.8 Å².